The number of hydrogen-bond donors (Lipinski definition) is 1. The highest BCUT2D eigenvalue weighted by Gasteiger charge is 2.33. The predicted octanol–water partition coefficient (Wildman–Crippen LogP) is 4.17. The predicted molar refractivity (Wildman–Crippen MR) is 101 cm³/mol. The first-order valence-electron chi connectivity index (χ1n) is 9.14. The molecule has 1 unspecified atom stereocenters. The van der Waals surface area contributed by atoms with Crippen LogP contribution in [0.1, 0.15) is 61.1 Å². The van der Waals surface area contributed by atoms with Crippen LogP contribution in [0.25, 0.3) is 5.69 Å². The van der Waals surface area contributed by atoms with Gasteiger partial charge in [-0.2, -0.15) is 5.10 Å². The van der Waals surface area contributed by atoms with E-state index in [1.807, 2.05) is 39.7 Å². The highest BCUT2D eigenvalue weighted by Crippen LogP contribution is 2.42. The smallest absolute Gasteiger partial charge is 0.259 e. The van der Waals surface area contributed by atoms with Gasteiger partial charge in [0.2, 0.25) is 0 Å². The quantitative estimate of drug-likeness (QED) is 0.726. The summed E-state index contributed by atoms with van der Waals surface area (Å²) in [4.78, 5) is 17.0. The van der Waals surface area contributed by atoms with E-state index in [1.54, 1.807) is 18.7 Å². The Bertz CT molecular complexity index is 908. The van der Waals surface area contributed by atoms with Crippen molar-refractivity contribution in [2.45, 2.75) is 45.1 Å². The van der Waals surface area contributed by atoms with Crippen molar-refractivity contribution in [3.63, 3.8) is 0 Å². The summed E-state index contributed by atoms with van der Waals surface area (Å²) in [5.41, 5.74) is 3.50. The molecule has 6 heteroatoms. The monoisotopic (exact) mass is 349 g/mol. The maximum absolute atomic E-state index is 12.9. The number of imidazole rings is 1. The van der Waals surface area contributed by atoms with Crippen LogP contribution >= 0.6 is 0 Å². The van der Waals surface area contributed by atoms with Gasteiger partial charge in [-0.15, -0.1) is 0 Å². The van der Waals surface area contributed by atoms with Gasteiger partial charge in [0.25, 0.3) is 5.91 Å². The summed E-state index contributed by atoms with van der Waals surface area (Å²) in [7, 11) is 0. The van der Waals surface area contributed by atoms with Crippen molar-refractivity contribution in [2.24, 2.45) is 0 Å². The molecule has 0 spiro atoms. The van der Waals surface area contributed by atoms with Crippen LogP contribution in [0.15, 0.2) is 49.2 Å². The van der Waals surface area contributed by atoms with Gasteiger partial charge in [-0.05, 0) is 44.4 Å². The normalized spacial score (nSPS) is 15.0. The van der Waals surface area contributed by atoms with E-state index in [2.05, 4.69) is 29.2 Å². The Balaban J connectivity index is 1.59. The Morgan fingerprint density at radius 1 is 1.38 bits per heavy atom. The molecule has 0 aliphatic heterocycles. The maximum atomic E-state index is 12.9. The number of benzene rings is 1. The van der Waals surface area contributed by atoms with Crippen molar-refractivity contribution < 1.29 is 4.79 Å². The number of aromatic nitrogens is 4. The molecule has 1 fully saturated rings. The topological polar surface area (TPSA) is 64.7 Å². The zero-order valence-electron chi connectivity index (χ0n) is 15.1. The fraction of sp³-hybridized carbons (Fsp3) is 0.350. The SMILES string of the molecule is CCC(C)n1ncc(C(=O)Nc2cccc(-n3ccnc3)c2)c1C1CC1. The minimum absolute atomic E-state index is 0.0933. The molecule has 1 amide bonds. The third kappa shape index (κ3) is 3.14. The molecule has 0 saturated heterocycles. The third-order valence-electron chi connectivity index (χ3n) is 4.96. The van der Waals surface area contributed by atoms with Crippen LogP contribution in [0.4, 0.5) is 5.69 Å². The van der Waals surface area contributed by atoms with E-state index in [0.717, 1.165) is 36.3 Å². The zero-order valence-corrected chi connectivity index (χ0v) is 15.1. The molecule has 1 atom stereocenters. The van der Waals surface area contributed by atoms with E-state index in [-0.39, 0.29) is 5.91 Å². The fourth-order valence-corrected chi connectivity index (χ4v) is 3.19. The first kappa shape index (κ1) is 16.6. The van der Waals surface area contributed by atoms with Crippen LogP contribution in [0, 0.1) is 0 Å². The van der Waals surface area contributed by atoms with Gasteiger partial charge in [-0.25, -0.2) is 4.98 Å². The number of hydrogen-bond acceptors (Lipinski definition) is 3. The molecule has 1 aliphatic rings. The van der Waals surface area contributed by atoms with Crippen molar-refractivity contribution in [1.82, 2.24) is 19.3 Å². The number of carbonyl (C=O) groups is 1. The standard InChI is InChI=1S/C20H23N5O/c1-3-14(2)25-19(15-7-8-15)18(12-22-25)20(26)23-16-5-4-6-17(11-16)24-10-9-21-13-24/h4-6,9-15H,3,7-8H2,1-2H3,(H,23,26). The summed E-state index contributed by atoms with van der Waals surface area (Å²) in [5, 5.41) is 7.54. The molecule has 2 heterocycles. The van der Waals surface area contributed by atoms with Gasteiger partial charge in [-0.1, -0.05) is 13.0 Å². The van der Waals surface area contributed by atoms with Crippen LogP contribution in [0.2, 0.25) is 0 Å². The molecule has 134 valence electrons. The highest BCUT2D eigenvalue weighted by molar-refractivity contribution is 6.05. The molecular formula is C20H23N5O. The van der Waals surface area contributed by atoms with E-state index in [9.17, 15) is 4.79 Å². The highest BCUT2D eigenvalue weighted by atomic mass is 16.1. The van der Waals surface area contributed by atoms with E-state index in [0.29, 0.717) is 17.5 Å². The Kier molecular flexibility index (Phi) is 4.32. The lowest BCUT2D eigenvalue weighted by molar-refractivity contribution is 0.102. The van der Waals surface area contributed by atoms with E-state index >= 15 is 0 Å². The summed E-state index contributed by atoms with van der Waals surface area (Å²) in [5.74, 6) is 0.369. The Hall–Kier alpha value is -2.89. The summed E-state index contributed by atoms with van der Waals surface area (Å²) in [6.45, 7) is 4.29. The molecule has 0 bridgehead atoms. The summed E-state index contributed by atoms with van der Waals surface area (Å²) in [6, 6.07) is 8.05. The average molecular weight is 349 g/mol. The molecule has 1 aliphatic carbocycles. The van der Waals surface area contributed by atoms with E-state index in [4.69, 9.17) is 0 Å². The van der Waals surface area contributed by atoms with Crippen LogP contribution < -0.4 is 5.32 Å². The van der Waals surface area contributed by atoms with E-state index < -0.39 is 0 Å². The lowest BCUT2D eigenvalue weighted by Gasteiger charge is -2.14. The van der Waals surface area contributed by atoms with Gasteiger partial charge < -0.3 is 9.88 Å². The number of nitrogens with zero attached hydrogens (tertiary/aromatic N) is 4. The van der Waals surface area contributed by atoms with Crippen LogP contribution in [-0.4, -0.2) is 25.2 Å². The Morgan fingerprint density at radius 2 is 2.23 bits per heavy atom. The van der Waals surface area contributed by atoms with Crippen molar-refractivity contribution in [3.05, 3.63) is 60.4 Å². The average Bonchev–Trinajstić information content (AvgIpc) is 3.17. The molecule has 1 aromatic carbocycles. The molecule has 26 heavy (non-hydrogen) atoms. The van der Waals surface area contributed by atoms with Crippen LogP contribution in [0.3, 0.4) is 0 Å². The largest absolute Gasteiger partial charge is 0.322 e. The number of carbonyl (C=O) groups excluding carboxylic acids is 1. The van der Waals surface area contributed by atoms with Gasteiger partial charge in [0.15, 0.2) is 0 Å². The second-order valence-electron chi connectivity index (χ2n) is 6.89. The molecule has 1 saturated carbocycles. The third-order valence-corrected chi connectivity index (χ3v) is 4.96. The second kappa shape index (κ2) is 6.78. The summed E-state index contributed by atoms with van der Waals surface area (Å²) < 4.78 is 3.95. The minimum Gasteiger partial charge on any atom is -0.322 e. The summed E-state index contributed by atoms with van der Waals surface area (Å²) >= 11 is 0. The van der Waals surface area contributed by atoms with Gasteiger partial charge in [0, 0.05) is 35.7 Å². The van der Waals surface area contributed by atoms with Crippen LogP contribution in [0.5, 0.6) is 0 Å². The maximum Gasteiger partial charge on any atom is 0.259 e. The lowest BCUT2D eigenvalue weighted by atomic mass is 10.1. The van der Waals surface area contributed by atoms with Crippen molar-refractivity contribution in [1.29, 1.82) is 0 Å². The summed E-state index contributed by atoms with van der Waals surface area (Å²) in [6.07, 6.45) is 10.3. The van der Waals surface area contributed by atoms with Crippen LogP contribution in [-0.2, 0) is 0 Å². The molecular weight excluding hydrogens is 326 g/mol. The molecule has 6 nitrogen and oxygen atoms in total. The van der Waals surface area contributed by atoms with Gasteiger partial charge in [-0.3, -0.25) is 9.48 Å². The first-order valence-corrected chi connectivity index (χ1v) is 9.14. The number of nitrogens with one attached hydrogen (secondary N) is 1. The second-order valence-corrected chi connectivity index (χ2v) is 6.89. The molecule has 3 aromatic rings. The van der Waals surface area contributed by atoms with Crippen molar-refractivity contribution in [2.75, 3.05) is 5.32 Å². The van der Waals surface area contributed by atoms with Gasteiger partial charge in [0.05, 0.1) is 23.8 Å². The van der Waals surface area contributed by atoms with Gasteiger partial charge >= 0.3 is 0 Å². The first-order chi connectivity index (χ1) is 12.7. The molecule has 2 aromatic heterocycles. The van der Waals surface area contributed by atoms with E-state index in [1.165, 1.54) is 0 Å². The molecule has 4 rings (SSSR count). The zero-order chi connectivity index (χ0) is 18.1. The molecule has 1 N–H and O–H groups in total. The molecule has 0 radical (unpaired) electrons. The Morgan fingerprint density at radius 3 is 2.92 bits per heavy atom. The number of rotatable bonds is 6. The van der Waals surface area contributed by atoms with Crippen molar-refractivity contribution in [3.8, 4) is 5.69 Å². The number of anilines is 1. The van der Waals surface area contributed by atoms with Gasteiger partial charge in [0.1, 0.15) is 0 Å². The number of amides is 1. The minimum atomic E-state index is -0.0933. The van der Waals surface area contributed by atoms with Crippen molar-refractivity contribution >= 4 is 11.6 Å². The lowest BCUT2D eigenvalue weighted by Crippen LogP contribution is -2.16. The fourth-order valence-electron chi connectivity index (χ4n) is 3.19. The Labute approximate surface area is 152 Å².